The van der Waals surface area contributed by atoms with Gasteiger partial charge < -0.3 is 0 Å². The first kappa shape index (κ1) is 18.0. The van der Waals surface area contributed by atoms with Crippen LogP contribution in [-0.4, -0.2) is 0 Å². The van der Waals surface area contributed by atoms with Crippen molar-refractivity contribution in [3.8, 4) is 0 Å². The van der Waals surface area contributed by atoms with Crippen molar-refractivity contribution < 1.29 is 0 Å². The highest BCUT2D eigenvalue weighted by atomic mass is 14.2. The third kappa shape index (κ3) is 11.1. The predicted octanol–water partition coefficient (Wildman–Crippen LogP) is 6.84. The summed E-state index contributed by atoms with van der Waals surface area (Å²) in [5, 5.41) is 0. The molecular weight excluding hydrogens is 216 g/mol. The highest BCUT2D eigenvalue weighted by Crippen LogP contribution is 2.22. The van der Waals surface area contributed by atoms with E-state index in [0.29, 0.717) is 0 Å². The summed E-state index contributed by atoms with van der Waals surface area (Å²) in [6.45, 7) is 11.9. The Hall–Kier alpha value is 0. The van der Waals surface area contributed by atoms with Crippen LogP contribution in [0.5, 0.6) is 0 Å². The Balaban J connectivity index is 3.29. The van der Waals surface area contributed by atoms with Gasteiger partial charge in [-0.3, -0.25) is 0 Å². The minimum Gasteiger partial charge on any atom is -0.0654 e. The minimum absolute atomic E-state index is 0.857. The predicted molar refractivity (Wildman–Crippen MR) is 85.0 cm³/mol. The normalized spacial score (nSPS) is 15.0. The Labute approximate surface area is 117 Å². The molecule has 0 radical (unpaired) electrons. The Kier molecular flexibility index (Phi) is 12.1. The van der Waals surface area contributed by atoms with Gasteiger partial charge in [-0.05, 0) is 17.8 Å². The van der Waals surface area contributed by atoms with Gasteiger partial charge in [-0.1, -0.05) is 98.8 Å². The Morgan fingerprint density at radius 1 is 0.611 bits per heavy atom. The molecule has 0 nitrogen and oxygen atoms in total. The molecule has 0 fully saturated rings. The minimum atomic E-state index is 0.857. The molecule has 0 N–H and O–H groups in total. The van der Waals surface area contributed by atoms with Crippen molar-refractivity contribution in [2.24, 2.45) is 17.8 Å². The third-order valence-electron chi connectivity index (χ3n) is 4.55. The van der Waals surface area contributed by atoms with Gasteiger partial charge in [0.15, 0.2) is 0 Å². The van der Waals surface area contributed by atoms with Crippen LogP contribution in [-0.2, 0) is 0 Å². The van der Waals surface area contributed by atoms with E-state index in [1.807, 2.05) is 0 Å². The Morgan fingerprint density at radius 3 is 1.72 bits per heavy atom. The zero-order valence-electron chi connectivity index (χ0n) is 13.8. The second-order valence-corrected chi connectivity index (χ2v) is 6.81. The summed E-state index contributed by atoms with van der Waals surface area (Å²) in [6.07, 6.45) is 14.4. The molecule has 0 aromatic carbocycles. The van der Waals surface area contributed by atoms with Crippen molar-refractivity contribution >= 4 is 0 Å². The van der Waals surface area contributed by atoms with E-state index in [1.54, 1.807) is 0 Å². The Bertz CT molecular complexity index is 159. The molecule has 0 aliphatic rings. The first-order chi connectivity index (χ1) is 8.57. The lowest BCUT2D eigenvalue weighted by Crippen LogP contribution is -2.06. The van der Waals surface area contributed by atoms with Gasteiger partial charge in [0.25, 0.3) is 0 Å². The van der Waals surface area contributed by atoms with E-state index >= 15 is 0 Å². The fourth-order valence-electron chi connectivity index (χ4n) is 2.47. The van der Waals surface area contributed by atoms with Crippen molar-refractivity contribution in [1.82, 2.24) is 0 Å². The molecule has 0 heterocycles. The molecule has 0 aromatic rings. The van der Waals surface area contributed by atoms with Crippen LogP contribution in [0.2, 0.25) is 0 Å². The largest absolute Gasteiger partial charge is 0.0654 e. The average Bonchev–Trinajstić information content (AvgIpc) is 2.34. The molecule has 0 saturated heterocycles. The molecule has 110 valence electrons. The highest BCUT2D eigenvalue weighted by Gasteiger charge is 2.09. The van der Waals surface area contributed by atoms with Crippen LogP contribution in [0.25, 0.3) is 0 Å². The molecule has 0 aromatic heterocycles. The number of rotatable bonds is 12. The SMILES string of the molecule is CCCCCCCCCC(C)CCC(C)C(C)C. The summed E-state index contributed by atoms with van der Waals surface area (Å²) < 4.78 is 0. The molecule has 0 rings (SSSR count). The van der Waals surface area contributed by atoms with E-state index < -0.39 is 0 Å². The summed E-state index contributed by atoms with van der Waals surface area (Å²) in [6, 6.07) is 0. The monoisotopic (exact) mass is 254 g/mol. The summed E-state index contributed by atoms with van der Waals surface area (Å²) in [5.74, 6) is 2.71. The smallest absolute Gasteiger partial charge is 0.0420 e. The van der Waals surface area contributed by atoms with Crippen LogP contribution in [0.1, 0.15) is 98.8 Å². The molecule has 0 aliphatic carbocycles. The van der Waals surface area contributed by atoms with Crippen LogP contribution in [0.3, 0.4) is 0 Å². The highest BCUT2D eigenvalue weighted by molar-refractivity contribution is 4.61. The Morgan fingerprint density at radius 2 is 1.17 bits per heavy atom. The fourth-order valence-corrected chi connectivity index (χ4v) is 2.47. The molecule has 2 atom stereocenters. The molecule has 0 saturated carbocycles. The molecule has 0 bridgehead atoms. The number of unbranched alkanes of at least 4 members (excludes halogenated alkanes) is 6. The van der Waals surface area contributed by atoms with Crippen LogP contribution in [0, 0.1) is 17.8 Å². The van der Waals surface area contributed by atoms with E-state index in [-0.39, 0.29) is 0 Å². The maximum absolute atomic E-state index is 2.45. The number of hydrogen-bond donors (Lipinski definition) is 0. The van der Waals surface area contributed by atoms with Crippen molar-refractivity contribution in [3.63, 3.8) is 0 Å². The molecule has 0 heteroatoms. The van der Waals surface area contributed by atoms with Gasteiger partial charge >= 0.3 is 0 Å². The van der Waals surface area contributed by atoms with Crippen LogP contribution >= 0.6 is 0 Å². The summed E-state index contributed by atoms with van der Waals surface area (Å²) in [5.41, 5.74) is 0. The second-order valence-electron chi connectivity index (χ2n) is 6.81. The third-order valence-corrected chi connectivity index (χ3v) is 4.55. The first-order valence-corrected chi connectivity index (χ1v) is 8.57. The topological polar surface area (TPSA) is 0 Å². The zero-order valence-corrected chi connectivity index (χ0v) is 13.8. The fraction of sp³-hybridized carbons (Fsp3) is 1.00. The van der Waals surface area contributed by atoms with Crippen LogP contribution < -0.4 is 0 Å². The van der Waals surface area contributed by atoms with Gasteiger partial charge in [-0.15, -0.1) is 0 Å². The lowest BCUT2D eigenvalue weighted by atomic mass is 9.88. The van der Waals surface area contributed by atoms with E-state index in [9.17, 15) is 0 Å². The van der Waals surface area contributed by atoms with Crippen LogP contribution in [0.4, 0.5) is 0 Å². The molecule has 18 heavy (non-hydrogen) atoms. The van der Waals surface area contributed by atoms with Gasteiger partial charge in [0.1, 0.15) is 0 Å². The van der Waals surface area contributed by atoms with Gasteiger partial charge in [-0.25, -0.2) is 0 Å². The summed E-state index contributed by atoms with van der Waals surface area (Å²) >= 11 is 0. The van der Waals surface area contributed by atoms with Crippen molar-refractivity contribution in [2.75, 3.05) is 0 Å². The van der Waals surface area contributed by atoms with E-state index in [4.69, 9.17) is 0 Å². The van der Waals surface area contributed by atoms with Gasteiger partial charge in [0.2, 0.25) is 0 Å². The van der Waals surface area contributed by atoms with E-state index in [2.05, 4.69) is 34.6 Å². The van der Waals surface area contributed by atoms with E-state index in [1.165, 1.54) is 64.2 Å². The van der Waals surface area contributed by atoms with E-state index in [0.717, 1.165) is 17.8 Å². The molecule has 0 aliphatic heterocycles. The van der Waals surface area contributed by atoms with Crippen molar-refractivity contribution in [2.45, 2.75) is 98.8 Å². The maximum atomic E-state index is 2.45. The van der Waals surface area contributed by atoms with Gasteiger partial charge in [0.05, 0.1) is 0 Å². The molecular formula is C18H38. The van der Waals surface area contributed by atoms with Crippen molar-refractivity contribution in [1.29, 1.82) is 0 Å². The summed E-state index contributed by atoms with van der Waals surface area (Å²) in [4.78, 5) is 0. The maximum Gasteiger partial charge on any atom is -0.0420 e. The lowest BCUT2D eigenvalue weighted by molar-refractivity contribution is 0.339. The zero-order chi connectivity index (χ0) is 13.8. The second kappa shape index (κ2) is 12.1. The lowest BCUT2D eigenvalue weighted by Gasteiger charge is -2.18. The molecule has 2 unspecified atom stereocenters. The summed E-state index contributed by atoms with van der Waals surface area (Å²) in [7, 11) is 0. The number of hydrogen-bond acceptors (Lipinski definition) is 0. The average molecular weight is 255 g/mol. The quantitative estimate of drug-likeness (QED) is 0.335. The standard InChI is InChI=1S/C18H38/c1-6-7-8-9-10-11-12-13-17(4)14-15-18(5)16(2)3/h16-18H,6-15H2,1-5H3. The molecule has 0 spiro atoms. The van der Waals surface area contributed by atoms with Crippen LogP contribution in [0.15, 0.2) is 0 Å². The molecule has 0 amide bonds. The first-order valence-electron chi connectivity index (χ1n) is 8.57. The van der Waals surface area contributed by atoms with Crippen molar-refractivity contribution in [3.05, 3.63) is 0 Å². The van der Waals surface area contributed by atoms with Gasteiger partial charge in [-0.2, -0.15) is 0 Å². The van der Waals surface area contributed by atoms with Gasteiger partial charge in [0, 0.05) is 0 Å².